The van der Waals surface area contributed by atoms with Crippen LogP contribution in [0.2, 0.25) is 5.02 Å². The lowest BCUT2D eigenvalue weighted by Gasteiger charge is -2.32. The molecule has 41 heavy (non-hydrogen) atoms. The number of anilines is 1. The Morgan fingerprint density at radius 1 is 1.27 bits per heavy atom. The Kier molecular flexibility index (Phi) is 10.1. The molecule has 0 amide bonds. The molecule has 0 unspecified atom stereocenters. The molecule has 0 aromatic heterocycles. The predicted molar refractivity (Wildman–Crippen MR) is 159 cm³/mol. The molecule has 2 aliphatic heterocycles. The summed E-state index contributed by atoms with van der Waals surface area (Å²) in [7, 11) is -4.12. The van der Waals surface area contributed by atoms with Gasteiger partial charge in [0.1, 0.15) is 24.3 Å². The molecule has 220 valence electrons. The molecule has 1 fully saturated rings. The molecule has 3 N–H and O–H groups in total. The van der Waals surface area contributed by atoms with Crippen LogP contribution in [0.3, 0.4) is 0 Å². The lowest BCUT2D eigenvalue weighted by molar-refractivity contribution is -0.139. The van der Waals surface area contributed by atoms with E-state index in [1.165, 1.54) is 6.07 Å². The number of ether oxygens (including phenoxy) is 3. The molecule has 13 heteroatoms. The van der Waals surface area contributed by atoms with Gasteiger partial charge in [-0.25, -0.2) is 13.4 Å². The molecule has 1 saturated heterocycles. The second-order valence-corrected chi connectivity index (χ2v) is 11.8. The van der Waals surface area contributed by atoms with Crippen LogP contribution >= 0.6 is 11.6 Å². The zero-order chi connectivity index (χ0) is 29.4. The van der Waals surface area contributed by atoms with Gasteiger partial charge in [-0.1, -0.05) is 42.0 Å². The van der Waals surface area contributed by atoms with Crippen LogP contribution in [-0.2, 0) is 24.3 Å². The van der Waals surface area contributed by atoms with Gasteiger partial charge in [-0.05, 0) is 36.8 Å². The van der Waals surface area contributed by atoms with Crippen LogP contribution in [0.1, 0.15) is 30.9 Å². The van der Waals surface area contributed by atoms with E-state index in [0.29, 0.717) is 30.5 Å². The number of carbonyl (C=O) groups is 1. The Hall–Kier alpha value is -3.77. The molecule has 2 aromatic rings. The zero-order valence-corrected chi connectivity index (χ0v) is 24.4. The topological polar surface area (TPSA) is 148 Å². The Morgan fingerprint density at radius 2 is 2.05 bits per heavy atom. The second-order valence-electron chi connectivity index (χ2n) is 9.47. The molecule has 0 atom stereocenters. The summed E-state index contributed by atoms with van der Waals surface area (Å²) in [6.45, 7) is 4.40. The first-order valence-electron chi connectivity index (χ1n) is 13.3. The minimum absolute atomic E-state index is 0.0612. The Labute approximate surface area is 245 Å². The van der Waals surface area contributed by atoms with E-state index < -0.39 is 21.7 Å². The lowest BCUT2D eigenvalue weighted by atomic mass is 10.1. The number of aliphatic imine (C=N–C) groups is 1. The van der Waals surface area contributed by atoms with Crippen molar-refractivity contribution in [2.24, 2.45) is 10.7 Å². The maximum absolute atomic E-state index is 13.3. The highest BCUT2D eigenvalue weighted by Gasteiger charge is 2.28. The maximum Gasteiger partial charge on any atom is 0.323 e. The quantitative estimate of drug-likeness (QED) is 0.226. The van der Waals surface area contributed by atoms with Gasteiger partial charge >= 0.3 is 5.97 Å². The van der Waals surface area contributed by atoms with E-state index in [2.05, 4.69) is 9.89 Å². The monoisotopic (exact) mass is 603 g/mol. The number of nitrogen functional groups attached to an aromatic ring is 1. The van der Waals surface area contributed by atoms with Crippen molar-refractivity contribution in [1.29, 1.82) is 5.41 Å². The van der Waals surface area contributed by atoms with E-state index in [4.69, 9.17) is 37.0 Å². The van der Waals surface area contributed by atoms with E-state index in [-0.39, 0.29) is 35.8 Å². The molecule has 4 rings (SSSR count). The fraction of sp³-hybridized carbons (Fsp3) is 0.393. The molecule has 11 nitrogen and oxygen atoms in total. The van der Waals surface area contributed by atoms with Gasteiger partial charge in [0.05, 0.1) is 30.4 Å². The first-order valence-corrected chi connectivity index (χ1v) is 15.3. The minimum atomic E-state index is -4.12. The Balaban J connectivity index is 1.49. The molecule has 0 aliphatic carbocycles. The van der Waals surface area contributed by atoms with Gasteiger partial charge < -0.3 is 24.8 Å². The SMILES string of the molecule is CCOC(=O)CS(=O)(=O)N(C/C=C/c1cccc(C(=N)N)c1)c1ccc(OC2CCN(C3=NCCO3)CC2)c(Cl)c1. The number of likely N-dealkylation sites (tertiary alicyclic amines) is 1. The van der Waals surface area contributed by atoms with Crippen molar-refractivity contribution in [3.05, 3.63) is 64.7 Å². The van der Waals surface area contributed by atoms with E-state index in [9.17, 15) is 13.2 Å². The van der Waals surface area contributed by atoms with E-state index in [1.54, 1.807) is 49.4 Å². The summed E-state index contributed by atoms with van der Waals surface area (Å²) >= 11 is 6.57. The number of esters is 1. The predicted octanol–water partition coefficient (Wildman–Crippen LogP) is 3.27. The van der Waals surface area contributed by atoms with Crippen LogP contribution in [0.4, 0.5) is 5.69 Å². The van der Waals surface area contributed by atoms with Crippen LogP contribution in [0.25, 0.3) is 6.08 Å². The fourth-order valence-corrected chi connectivity index (χ4v) is 6.01. The van der Waals surface area contributed by atoms with Crippen molar-refractivity contribution in [3.8, 4) is 5.75 Å². The van der Waals surface area contributed by atoms with Gasteiger partial charge in [-0.2, -0.15) is 0 Å². The molecule has 2 heterocycles. The third kappa shape index (κ3) is 8.14. The van der Waals surface area contributed by atoms with E-state index in [0.717, 1.165) is 35.8 Å². The molecule has 0 bridgehead atoms. The number of amidine groups is 2. The first-order chi connectivity index (χ1) is 19.7. The molecular formula is C28H34ClN5O6S. The van der Waals surface area contributed by atoms with Crippen molar-refractivity contribution in [2.75, 3.05) is 49.5 Å². The average molecular weight is 604 g/mol. The van der Waals surface area contributed by atoms with Crippen LogP contribution < -0.4 is 14.8 Å². The number of nitrogens with two attached hydrogens (primary N) is 1. The number of halogens is 1. The zero-order valence-electron chi connectivity index (χ0n) is 22.8. The molecule has 0 saturated carbocycles. The van der Waals surface area contributed by atoms with E-state index in [1.807, 2.05) is 6.07 Å². The highest BCUT2D eigenvalue weighted by molar-refractivity contribution is 7.93. The molecule has 2 aromatic carbocycles. The number of sulfonamides is 1. The molecule has 0 spiro atoms. The largest absolute Gasteiger partial charge is 0.489 e. The summed E-state index contributed by atoms with van der Waals surface area (Å²) in [5.41, 5.74) is 7.14. The van der Waals surface area contributed by atoms with Gasteiger partial charge in [0.25, 0.3) is 6.02 Å². The Morgan fingerprint density at radius 3 is 2.71 bits per heavy atom. The van der Waals surface area contributed by atoms with Crippen molar-refractivity contribution < 1.29 is 27.4 Å². The summed E-state index contributed by atoms with van der Waals surface area (Å²) in [5.74, 6) is -1.29. The van der Waals surface area contributed by atoms with Gasteiger partial charge in [0.15, 0.2) is 5.75 Å². The smallest absolute Gasteiger partial charge is 0.323 e. The number of hydrogen-bond donors (Lipinski definition) is 2. The van der Waals surface area contributed by atoms with Gasteiger partial charge in [-0.3, -0.25) is 14.5 Å². The lowest BCUT2D eigenvalue weighted by Crippen LogP contribution is -2.42. The summed E-state index contributed by atoms with van der Waals surface area (Å²) < 4.78 is 44.3. The number of hydrogen-bond acceptors (Lipinski definition) is 9. The van der Waals surface area contributed by atoms with Crippen molar-refractivity contribution in [1.82, 2.24) is 4.90 Å². The molecule has 2 aliphatic rings. The number of benzene rings is 2. The second kappa shape index (κ2) is 13.7. The van der Waals surface area contributed by atoms with Crippen LogP contribution in [0, 0.1) is 5.41 Å². The van der Waals surface area contributed by atoms with Crippen molar-refractivity contribution in [3.63, 3.8) is 0 Å². The Bertz CT molecular complexity index is 1420. The van der Waals surface area contributed by atoms with Gasteiger partial charge in [0.2, 0.25) is 10.0 Å². The number of nitrogens with zero attached hydrogens (tertiary/aromatic N) is 3. The number of rotatable bonds is 11. The van der Waals surface area contributed by atoms with Crippen LogP contribution in [-0.4, -0.2) is 82.4 Å². The summed E-state index contributed by atoms with van der Waals surface area (Å²) in [6, 6.07) is 12.4. The fourth-order valence-electron chi connectivity index (χ4n) is 4.50. The summed E-state index contributed by atoms with van der Waals surface area (Å²) in [5, 5.41) is 7.87. The number of carbonyl (C=O) groups excluding carboxylic acids is 1. The molecule has 0 radical (unpaired) electrons. The standard InChI is InChI=1S/C28H34ClN5O6S/c1-2-38-26(35)19-41(36,37)34(13-4-6-20-5-3-7-21(17-20)27(30)31)22-8-9-25(24(29)18-22)40-23-10-14-33(15-11-23)28-32-12-16-39-28/h3-9,17-18,23H,2,10-16,19H2,1H3,(H3,30,31)/b6-4+. The van der Waals surface area contributed by atoms with Crippen LogP contribution in [0.5, 0.6) is 5.75 Å². The minimum Gasteiger partial charge on any atom is -0.489 e. The first kappa shape index (κ1) is 30.2. The number of piperidine rings is 1. The average Bonchev–Trinajstić information content (AvgIpc) is 3.48. The van der Waals surface area contributed by atoms with Crippen molar-refractivity contribution in [2.45, 2.75) is 25.9 Å². The molecular weight excluding hydrogens is 570 g/mol. The van der Waals surface area contributed by atoms with Crippen LogP contribution in [0.15, 0.2) is 53.5 Å². The van der Waals surface area contributed by atoms with Gasteiger partial charge in [0, 0.05) is 31.5 Å². The van der Waals surface area contributed by atoms with Crippen molar-refractivity contribution >= 4 is 51.2 Å². The highest BCUT2D eigenvalue weighted by atomic mass is 35.5. The third-order valence-electron chi connectivity index (χ3n) is 6.50. The maximum atomic E-state index is 13.3. The number of nitrogens with one attached hydrogen (secondary N) is 1. The highest BCUT2D eigenvalue weighted by Crippen LogP contribution is 2.33. The summed E-state index contributed by atoms with van der Waals surface area (Å²) in [6.07, 6.45) is 4.82. The summed E-state index contributed by atoms with van der Waals surface area (Å²) in [4.78, 5) is 18.6. The third-order valence-corrected chi connectivity index (χ3v) is 8.43. The normalized spacial score (nSPS) is 15.9. The van der Waals surface area contributed by atoms with Gasteiger partial charge in [-0.15, -0.1) is 0 Å². The van der Waals surface area contributed by atoms with E-state index >= 15 is 0 Å².